The minimum absolute atomic E-state index is 0.0172. The average molecular weight is 384 g/mol. The molecule has 2 N–H and O–H groups in total. The summed E-state index contributed by atoms with van der Waals surface area (Å²) >= 11 is 6.00. The Morgan fingerprint density at radius 3 is 2.54 bits per heavy atom. The molecule has 0 aliphatic heterocycles. The lowest BCUT2D eigenvalue weighted by molar-refractivity contribution is -0.141. The van der Waals surface area contributed by atoms with Gasteiger partial charge in [-0.1, -0.05) is 23.7 Å². The van der Waals surface area contributed by atoms with Crippen LogP contribution in [0.3, 0.4) is 0 Å². The Balaban J connectivity index is 2.06. The van der Waals surface area contributed by atoms with Gasteiger partial charge in [-0.2, -0.15) is 0 Å². The summed E-state index contributed by atoms with van der Waals surface area (Å²) in [5.41, 5.74) is 0.553. The third-order valence-electron chi connectivity index (χ3n) is 3.66. The molecule has 0 aliphatic carbocycles. The summed E-state index contributed by atoms with van der Waals surface area (Å²) in [6.45, 7) is 0. The van der Waals surface area contributed by atoms with Crippen LogP contribution in [0.15, 0.2) is 36.4 Å². The number of benzene rings is 2. The number of aliphatic carboxylic acids is 1. The number of rotatable bonds is 7. The van der Waals surface area contributed by atoms with E-state index in [1.54, 1.807) is 18.2 Å². The van der Waals surface area contributed by atoms with Crippen LogP contribution in [0.5, 0.6) is 5.75 Å². The quantitative estimate of drug-likeness (QED) is 0.770. The molecule has 1 amide bonds. The maximum atomic E-state index is 13.6. The Morgan fingerprint density at radius 1 is 1.23 bits per heavy atom. The predicted molar refractivity (Wildman–Crippen MR) is 91.3 cm³/mol. The van der Waals surface area contributed by atoms with E-state index in [1.165, 1.54) is 7.11 Å². The number of methoxy groups -OCH3 is 1. The molecule has 2 aromatic rings. The van der Waals surface area contributed by atoms with Gasteiger partial charge in [0.15, 0.2) is 0 Å². The van der Waals surface area contributed by atoms with Gasteiger partial charge in [-0.3, -0.25) is 4.79 Å². The topological polar surface area (TPSA) is 75.6 Å². The minimum Gasteiger partial charge on any atom is -0.495 e. The number of hydrogen-bond acceptors (Lipinski definition) is 3. The summed E-state index contributed by atoms with van der Waals surface area (Å²) in [5, 5.41) is 12.0. The molecule has 8 heteroatoms. The van der Waals surface area contributed by atoms with Crippen LogP contribution in [-0.2, 0) is 22.4 Å². The van der Waals surface area contributed by atoms with E-state index in [1.807, 2.05) is 0 Å². The predicted octanol–water partition coefficient (Wildman–Crippen LogP) is 2.98. The molecule has 0 aliphatic rings. The Bertz CT molecular complexity index is 829. The van der Waals surface area contributed by atoms with Crippen molar-refractivity contribution in [2.75, 3.05) is 7.11 Å². The van der Waals surface area contributed by atoms with Crippen molar-refractivity contribution in [1.29, 1.82) is 0 Å². The zero-order valence-electron chi connectivity index (χ0n) is 13.8. The van der Waals surface area contributed by atoms with Crippen LogP contribution in [0.4, 0.5) is 8.78 Å². The van der Waals surface area contributed by atoms with E-state index in [0.717, 1.165) is 12.1 Å². The Labute approximate surface area is 153 Å². The molecule has 1 atom stereocenters. The fraction of sp³-hybridized carbons (Fsp3) is 0.222. The van der Waals surface area contributed by atoms with Gasteiger partial charge in [-0.15, -0.1) is 0 Å². The van der Waals surface area contributed by atoms with Crippen LogP contribution < -0.4 is 10.1 Å². The number of amides is 1. The summed E-state index contributed by atoms with van der Waals surface area (Å²) in [4.78, 5) is 23.5. The van der Waals surface area contributed by atoms with Gasteiger partial charge in [0.2, 0.25) is 5.91 Å². The zero-order valence-corrected chi connectivity index (χ0v) is 14.5. The molecule has 138 valence electrons. The van der Waals surface area contributed by atoms with E-state index in [-0.39, 0.29) is 12.0 Å². The molecule has 26 heavy (non-hydrogen) atoms. The van der Waals surface area contributed by atoms with E-state index in [0.29, 0.717) is 22.4 Å². The van der Waals surface area contributed by atoms with Crippen LogP contribution in [0.25, 0.3) is 0 Å². The zero-order chi connectivity index (χ0) is 19.3. The first-order valence-electron chi connectivity index (χ1n) is 7.58. The molecule has 0 radical (unpaired) electrons. The molecule has 0 saturated heterocycles. The first kappa shape index (κ1) is 19.7. The second kappa shape index (κ2) is 8.62. The van der Waals surface area contributed by atoms with Crippen molar-refractivity contribution in [1.82, 2.24) is 5.32 Å². The fourth-order valence-electron chi connectivity index (χ4n) is 2.36. The third kappa shape index (κ3) is 5.16. The third-order valence-corrected chi connectivity index (χ3v) is 3.95. The van der Waals surface area contributed by atoms with E-state index in [4.69, 9.17) is 16.3 Å². The largest absolute Gasteiger partial charge is 0.495 e. The van der Waals surface area contributed by atoms with Crippen molar-refractivity contribution in [3.8, 4) is 5.75 Å². The van der Waals surface area contributed by atoms with Gasteiger partial charge < -0.3 is 15.2 Å². The molecule has 0 unspecified atom stereocenters. The van der Waals surface area contributed by atoms with Gasteiger partial charge in [-0.25, -0.2) is 13.6 Å². The van der Waals surface area contributed by atoms with Gasteiger partial charge in [-0.05, 0) is 29.3 Å². The van der Waals surface area contributed by atoms with E-state index < -0.39 is 36.0 Å². The van der Waals surface area contributed by atoms with Gasteiger partial charge >= 0.3 is 5.97 Å². The highest BCUT2D eigenvalue weighted by Crippen LogP contribution is 2.25. The van der Waals surface area contributed by atoms with Crippen molar-refractivity contribution in [2.24, 2.45) is 0 Å². The highest BCUT2D eigenvalue weighted by Gasteiger charge is 2.21. The molecule has 0 spiro atoms. The van der Waals surface area contributed by atoms with Gasteiger partial charge in [0.25, 0.3) is 0 Å². The van der Waals surface area contributed by atoms with Crippen molar-refractivity contribution < 1.29 is 28.2 Å². The van der Waals surface area contributed by atoms with Gasteiger partial charge in [0.1, 0.15) is 23.4 Å². The minimum atomic E-state index is -1.25. The first-order valence-corrected chi connectivity index (χ1v) is 7.96. The van der Waals surface area contributed by atoms with Crippen LogP contribution in [0.2, 0.25) is 5.02 Å². The molecule has 0 bridgehead atoms. The van der Waals surface area contributed by atoms with E-state index in [9.17, 15) is 23.5 Å². The number of carbonyl (C=O) groups is 2. The van der Waals surface area contributed by atoms with E-state index >= 15 is 0 Å². The molecule has 0 heterocycles. The summed E-state index contributed by atoms with van der Waals surface area (Å²) in [7, 11) is 1.45. The average Bonchev–Trinajstić information content (AvgIpc) is 2.57. The SMILES string of the molecule is COc1ccc(C[C@@H](NC(=O)Cc2ccc(F)cc2F)C(=O)O)cc1Cl. The smallest absolute Gasteiger partial charge is 0.326 e. The summed E-state index contributed by atoms with van der Waals surface area (Å²) in [6.07, 6.45) is -0.421. The number of nitrogens with one attached hydrogen (secondary N) is 1. The molecule has 2 aromatic carbocycles. The maximum Gasteiger partial charge on any atom is 0.326 e. The van der Waals surface area contributed by atoms with E-state index in [2.05, 4.69) is 5.32 Å². The van der Waals surface area contributed by atoms with Crippen LogP contribution in [0, 0.1) is 11.6 Å². The standard InChI is InChI=1S/C18H16ClF2NO4/c1-26-16-5-2-10(6-13(16)19)7-15(18(24)25)22-17(23)8-11-3-4-12(20)9-14(11)21/h2-6,9,15H,7-8H2,1H3,(H,22,23)(H,24,25)/t15-/m1/s1. The van der Waals surface area contributed by atoms with Crippen molar-refractivity contribution >= 4 is 23.5 Å². The first-order chi connectivity index (χ1) is 12.3. The Kier molecular flexibility index (Phi) is 6.52. The van der Waals surface area contributed by atoms with Crippen molar-refractivity contribution in [2.45, 2.75) is 18.9 Å². The van der Waals surface area contributed by atoms with Crippen LogP contribution in [0.1, 0.15) is 11.1 Å². The highest BCUT2D eigenvalue weighted by atomic mass is 35.5. The van der Waals surface area contributed by atoms with Crippen molar-refractivity contribution in [3.63, 3.8) is 0 Å². The molecule has 5 nitrogen and oxygen atoms in total. The molecular weight excluding hydrogens is 368 g/mol. The monoisotopic (exact) mass is 383 g/mol. The lowest BCUT2D eigenvalue weighted by Crippen LogP contribution is -2.43. The molecule has 2 rings (SSSR count). The summed E-state index contributed by atoms with van der Waals surface area (Å²) in [5.74, 6) is -3.12. The van der Waals surface area contributed by atoms with Crippen LogP contribution in [-0.4, -0.2) is 30.1 Å². The summed E-state index contributed by atoms with van der Waals surface area (Å²) in [6, 6.07) is 6.37. The molecule has 0 saturated carbocycles. The second-order valence-corrected chi connectivity index (χ2v) is 5.95. The van der Waals surface area contributed by atoms with Gasteiger partial charge in [0.05, 0.1) is 18.6 Å². The van der Waals surface area contributed by atoms with Crippen molar-refractivity contribution in [3.05, 3.63) is 64.2 Å². The Hall–Kier alpha value is -2.67. The number of carbonyl (C=O) groups excluding carboxylic acids is 1. The molecular formula is C18H16ClF2NO4. The second-order valence-electron chi connectivity index (χ2n) is 5.54. The maximum absolute atomic E-state index is 13.6. The summed E-state index contributed by atoms with van der Waals surface area (Å²) < 4.78 is 31.5. The highest BCUT2D eigenvalue weighted by molar-refractivity contribution is 6.32. The number of carboxylic acids is 1. The fourth-order valence-corrected chi connectivity index (χ4v) is 2.64. The lowest BCUT2D eigenvalue weighted by atomic mass is 10.0. The van der Waals surface area contributed by atoms with Crippen LogP contribution >= 0.6 is 11.6 Å². The molecule has 0 fully saturated rings. The van der Waals surface area contributed by atoms with Gasteiger partial charge in [0, 0.05) is 12.5 Å². The lowest BCUT2D eigenvalue weighted by Gasteiger charge is -2.15. The Morgan fingerprint density at radius 2 is 1.96 bits per heavy atom. The number of ether oxygens (including phenoxy) is 1. The normalized spacial score (nSPS) is 11.7. The molecule has 0 aromatic heterocycles. The number of hydrogen-bond donors (Lipinski definition) is 2. The number of carboxylic acid groups (broad SMARTS) is 1. The number of halogens is 3.